The number of piperidine rings is 1. The van der Waals surface area contributed by atoms with Crippen molar-refractivity contribution in [2.45, 2.75) is 26.3 Å². The summed E-state index contributed by atoms with van der Waals surface area (Å²) in [6, 6.07) is 7.02. The lowest BCUT2D eigenvalue weighted by molar-refractivity contribution is -0.384. The van der Waals surface area contributed by atoms with E-state index in [0.717, 1.165) is 42.8 Å². The third kappa shape index (κ3) is 4.00. The maximum absolute atomic E-state index is 13.0. The molecule has 0 aliphatic carbocycles. The Hall–Kier alpha value is -3.36. The first kappa shape index (κ1) is 19.9. The fraction of sp³-hybridized carbons (Fsp3) is 0.429. The van der Waals surface area contributed by atoms with E-state index in [1.165, 1.54) is 12.3 Å². The number of urea groups is 1. The average molecular weight is 411 g/mol. The molecule has 2 amide bonds. The summed E-state index contributed by atoms with van der Waals surface area (Å²) in [6.07, 6.45) is 3.57. The number of fused-ring (bicyclic) bond motifs is 1. The molecule has 2 aliphatic rings. The van der Waals surface area contributed by atoms with Crippen LogP contribution < -0.4 is 10.5 Å². The highest BCUT2D eigenvalue weighted by Crippen LogP contribution is 2.32. The first-order valence-corrected chi connectivity index (χ1v) is 10.1. The van der Waals surface area contributed by atoms with Crippen LogP contribution >= 0.6 is 0 Å². The number of aromatic nitrogens is 1. The van der Waals surface area contributed by atoms with E-state index in [2.05, 4.69) is 11.9 Å². The second kappa shape index (κ2) is 8.17. The lowest BCUT2D eigenvalue weighted by atomic mass is 9.99. The van der Waals surface area contributed by atoms with Crippen LogP contribution in [0.2, 0.25) is 0 Å². The maximum atomic E-state index is 13.0. The zero-order chi connectivity index (χ0) is 21.3. The number of nitrogen functional groups attached to an aromatic ring is 1. The third-order valence-electron chi connectivity index (χ3n) is 5.79. The molecule has 2 N–H and O–H groups in total. The highest BCUT2D eigenvalue weighted by molar-refractivity contribution is 5.75. The molecule has 1 aromatic heterocycles. The van der Waals surface area contributed by atoms with E-state index in [0.29, 0.717) is 31.2 Å². The first-order valence-electron chi connectivity index (χ1n) is 10.1. The molecule has 2 aliphatic heterocycles. The van der Waals surface area contributed by atoms with E-state index in [1.54, 1.807) is 0 Å². The number of nitrogens with zero attached hydrogens (tertiary/aromatic N) is 4. The number of amides is 2. The molecule has 158 valence electrons. The second-order valence-electron chi connectivity index (χ2n) is 7.93. The van der Waals surface area contributed by atoms with E-state index >= 15 is 0 Å². The van der Waals surface area contributed by atoms with Crippen molar-refractivity contribution in [3.63, 3.8) is 0 Å². The topological polar surface area (TPSA) is 115 Å². The lowest BCUT2D eigenvalue weighted by Crippen LogP contribution is -2.46. The van der Waals surface area contributed by atoms with Gasteiger partial charge in [0, 0.05) is 36.5 Å². The SMILES string of the molecule is CC1CCN(C(=O)N2CCOc3ccc(-c4cnc(N)c([N+](=O)[O-])c4)cc3C2)CC1. The Morgan fingerprint density at radius 1 is 1.20 bits per heavy atom. The van der Waals surface area contributed by atoms with Crippen LogP contribution in [0.3, 0.4) is 0 Å². The maximum Gasteiger partial charge on any atom is 0.320 e. The summed E-state index contributed by atoms with van der Waals surface area (Å²) in [4.78, 5) is 31.4. The van der Waals surface area contributed by atoms with Crippen LogP contribution in [0, 0.1) is 16.0 Å². The van der Waals surface area contributed by atoms with Crippen molar-refractivity contribution in [2.24, 2.45) is 5.92 Å². The van der Waals surface area contributed by atoms with Crippen molar-refractivity contribution >= 4 is 17.5 Å². The first-order chi connectivity index (χ1) is 14.4. The summed E-state index contributed by atoms with van der Waals surface area (Å²) in [7, 11) is 0. The van der Waals surface area contributed by atoms with Crippen molar-refractivity contribution in [3.8, 4) is 16.9 Å². The summed E-state index contributed by atoms with van der Waals surface area (Å²) in [5.41, 5.74) is 7.59. The number of anilines is 1. The van der Waals surface area contributed by atoms with Gasteiger partial charge in [-0.3, -0.25) is 10.1 Å². The van der Waals surface area contributed by atoms with E-state index in [-0.39, 0.29) is 17.5 Å². The van der Waals surface area contributed by atoms with E-state index in [4.69, 9.17) is 10.5 Å². The molecule has 0 radical (unpaired) electrons. The number of nitro groups is 1. The molecule has 0 bridgehead atoms. The van der Waals surface area contributed by atoms with E-state index in [1.807, 2.05) is 28.0 Å². The highest BCUT2D eigenvalue weighted by Gasteiger charge is 2.27. The molecule has 9 heteroatoms. The molecule has 3 heterocycles. The Morgan fingerprint density at radius 3 is 2.70 bits per heavy atom. The Morgan fingerprint density at radius 2 is 1.97 bits per heavy atom. The van der Waals surface area contributed by atoms with Crippen LogP contribution in [-0.2, 0) is 6.54 Å². The van der Waals surface area contributed by atoms with Gasteiger partial charge in [0.1, 0.15) is 12.4 Å². The molecule has 0 atom stereocenters. The van der Waals surface area contributed by atoms with Crippen molar-refractivity contribution in [3.05, 3.63) is 46.1 Å². The molecule has 1 aromatic carbocycles. The fourth-order valence-electron chi connectivity index (χ4n) is 3.90. The Balaban J connectivity index is 1.58. The number of carbonyl (C=O) groups is 1. The standard InChI is InChI=1S/C21H25N5O4/c1-14-4-6-24(7-5-14)21(27)25-8-9-30-19-3-2-15(10-17(19)13-25)16-11-18(26(28)29)20(22)23-12-16/h2-3,10-12,14H,4-9,13H2,1H3,(H2,22,23). The molecule has 9 nitrogen and oxygen atoms in total. The van der Waals surface area contributed by atoms with Crippen LogP contribution in [0.5, 0.6) is 5.75 Å². The number of ether oxygens (including phenoxy) is 1. The number of hydrogen-bond donors (Lipinski definition) is 1. The molecule has 1 fully saturated rings. The van der Waals surface area contributed by atoms with E-state index in [9.17, 15) is 14.9 Å². The van der Waals surface area contributed by atoms with Gasteiger partial charge in [0.25, 0.3) is 0 Å². The van der Waals surface area contributed by atoms with Crippen LogP contribution in [0.15, 0.2) is 30.5 Å². The van der Waals surface area contributed by atoms with E-state index < -0.39 is 4.92 Å². The lowest BCUT2D eigenvalue weighted by Gasteiger charge is -2.34. The van der Waals surface area contributed by atoms with Gasteiger partial charge in [-0.05, 0) is 36.5 Å². The smallest absolute Gasteiger partial charge is 0.320 e. The normalized spacial score (nSPS) is 17.1. The number of nitrogens with two attached hydrogens (primary N) is 1. The number of rotatable bonds is 2. The summed E-state index contributed by atoms with van der Waals surface area (Å²) >= 11 is 0. The second-order valence-corrected chi connectivity index (χ2v) is 7.93. The van der Waals surface area contributed by atoms with Gasteiger partial charge in [-0.2, -0.15) is 0 Å². The minimum atomic E-state index is -0.543. The van der Waals surface area contributed by atoms with Gasteiger partial charge < -0.3 is 20.3 Å². The monoisotopic (exact) mass is 411 g/mol. The Bertz CT molecular complexity index is 972. The van der Waals surface area contributed by atoms with Gasteiger partial charge in [0.05, 0.1) is 18.0 Å². The minimum Gasteiger partial charge on any atom is -0.491 e. The Labute approximate surface area is 174 Å². The summed E-state index contributed by atoms with van der Waals surface area (Å²) in [6.45, 7) is 5.16. The largest absolute Gasteiger partial charge is 0.491 e. The number of pyridine rings is 1. The van der Waals surface area contributed by atoms with Gasteiger partial charge in [-0.1, -0.05) is 13.0 Å². The molecule has 0 unspecified atom stereocenters. The molecule has 0 saturated carbocycles. The molecular formula is C21H25N5O4. The number of likely N-dealkylation sites (tertiary alicyclic amines) is 1. The molecule has 0 spiro atoms. The predicted octanol–water partition coefficient (Wildman–Crippen LogP) is 3.29. The zero-order valence-corrected chi connectivity index (χ0v) is 16.9. The molecule has 2 aromatic rings. The van der Waals surface area contributed by atoms with Crippen LogP contribution in [0.1, 0.15) is 25.3 Å². The number of hydrogen-bond acceptors (Lipinski definition) is 6. The summed E-state index contributed by atoms with van der Waals surface area (Å²) in [5.74, 6) is 1.26. The quantitative estimate of drug-likeness (QED) is 0.599. The van der Waals surface area contributed by atoms with Crippen molar-refractivity contribution < 1.29 is 14.5 Å². The summed E-state index contributed by atoms with van der Waals surface area (Å²) < 4.78 is 5.85. The van der Waals surface area contributed by atoms with Gasteiger partial charge >= 0.3 is 11.7 Å². The van der Waals surface area contributed by atoms with Crippen molar-refractivity contribution in [1.29, 1.82) is 0 Å². The zero-order valence-electron chi connectivity index (χ0n) is 16.9. The molecule has 1 saturated heterocycles. The molecule has 4 rings (SSSR count). The number of carbonyl (C=O) groups excluding carboxylic acids is 1. The fourth-order valence-corrected chi connectivity index (χ4v) is 3.90. The number of benzene rings is 1. The minimum absolute atomic E-state index is 0.0357. The summed E-state index contributed by atoms with van der Waals surface area (Å²) in [5, 5.41) is 11.2. The van der Waals surface area contributed by atoms with Gasteiger partial charge in [-0.25, -0.2) is 9.78 Å². The van der Waals surface area contributed by atoms with Crippen molar-refractivity contribution in [2.75, 3.05) is 32.0 Å². The van der Waals surface area contributed by atoms with Gasteiger partial charge in [-0.15, -0.1) is 0 Å². The Kier molecular flexibility index (Phi) is 5.43. The van der Waals surface area contributed by atoms with Crippen LogP contribution in [0.4, 0.5) is 16.3 Å². The van der Waals surface area contributed by atoms with Gasteiger partial charge in [0.2, 0.25) is 5.82 Å². The average Bonchev–Trinajstić information content (AvgIpc) is 2.96. The van der Waals surface area contributed by atoms with Crippen LogP contribution in [-0.4, -0.2) is 52.0 Å². The predicted molar refractivity (Wildman–Crippen MR) is 112 cm³/mol. The van der Waals surface area contributed by atoms with Gasteiger partial charge in [0.15, 0.2) is 0 Å². The van der Waals surface area contributed by atoms with Crippen LogP contribution in [0.25, 0.3) is 11.1 Å². The molecular weight excluding hydrogens is 386 g/mol. The highest BCUT2D eigenvalue weighted by atomic mass is 16.6. The van der Waals surface area contributed by atoms with Crippen molar-refractivity contribution in [1.82, 2.24) is 14.8 Å². The molecule has 30 heavy (non-hydrogen) atoms. The third-order valence-corrected chi connectivity index (χ3v) is 5.79.